The minimum Gasteiger partial charge on any atom is -0.451 e. The van der Waals surface area contributed by atoms with Gasteiger partial charge < -0.3 is 19.0 Å². The van der Waals surface area contributed by atoms with Crippen molar-refractivity contribution in [1.82, 2.24) is 9.80 Å². The van der Waals surface area contributed by atoms with Crippen LogP contribution in [0, 0.1) is 11.7 Å². The van der Waals surface area contributed by atoms with E-state index in [0.29, 0.717) is 44.1 Å². The van der Waals surface area contributed by atoms with Crippen molar-refractivity contribution >= 4 is 12.0 Å². The summed E-state index contributed by atoms with van der Waals surface area (Å²) < 4.78 is 23.9. The van der Waals surface area contributed by atoms with Gasteiger partial charge in [-0.3, -0.25) is 4.79 Å². The molecule has 27 heavy (non-hydrogen) atoms. The first-order chi connectivity index (χ1) is 12.9. The van der Waals surface area contributed by atoms with E-state index in [1.54, 1.807) is 34.1 Å². The maximum atomic E-state index is 13.0. The van der Waals surface area contributed by atoms with Gasteiger partial charge in [0, 0.05) is 31.7 Å². The van der Waals surface area contributed by atoms with E-state index in [2.05, 4.69) is 0 Å². The highest BCUT2D eigenvalue weighted by atomic mass is 19.1. The van der Waals surface area contributed by atoms with Crippen LogP contribution in [-0.2, 0) is 4.74 Å². The fraction of sp³-hybridized carbons (Fsp3) is 0.400. The van der Waals surface area contributed by atoms with Crippen molar-refractivity contribution in [2.24, 2.45) is 5.92 Å². The Labute approximate surface area is 157 Å². The average molecular weight is 374 g/mol. The SMILES string of the molecule is CC(C)COC(=O)N1CCN(C(=O)c2ccc(-c3ccc(F)cc3)o2)CC1. The number of carbonyl (C=O) groups excluding carboxylic acids is 2. The topological polar surface area (TPSA) is 63.0 Å². The standard InChI is InChI=1S/C20H23FN2O4/c1-14(2)13-26-20(25)23-11-9-22(10-12-23)19(24)18-8-7-17(27-18)15-3-5-16(21)6-4-15/h3-8,14H,9-13H2,1-2H3. The van der Waals surface area contributed by atoms with Gasteiger partial charge in [0.2, 0.25) is 0 Å². The molecule has 0 radical (unpaired) electrons. The van der Waals surface area contributed by atoms with Gasteiger partial charge >= 0.3 is 6.09 Å². The Balaban J connectivity index is 1.57. The van der Waals surface area contributed by atoms with Gasteiger partial charge in [0.1, 0.15) is 11.6 Å². The lowest BCUT2D eigenvalue weighted by atomic mass is 10.2. The molecule has 0 N–H and O–H groups in total. The lowest BCUT2D eigenvalue weighted by Gasteiger charge is -2.33. The summed E-state index contributed by atoms with van der Waals surface area (Å²) >= 11 is 0. The van der Waals surface area contributed by atoms with Gasteiger partial charge in [0.25, 0.3) is 5.91 Å². The molecule has 1 aliphatic heterocycles. The van der Waals surface area contributed by atoms with Crippen LogP contribution in [0.4, 0.5) is 9.18 Å². The van der Waals surface area contributed by atoms with Crippen LogP contribution in [-0.4, -0.2) is 54.6 Å². The Morgan fingerprint density at radius 2 is 1.67 bits per heavy atom. The number of furan rings is 1. The van der Waals surface area contributed by atoms with Crippen molar-refractivity contribution in [1.29, 1.82) is 0 Å². The van der Waals surface area contributed by atoms with Crippen LogP contribution in [0.5, 0.6) is 0 Å². The van der Waals surface area contributed by atoms with Crippen molar-refractivity contribution in [3.05, 3.63) is 48.0 Å². The lowest BCUT2D eigenvalue weighted by Crippen LogP contribution is -2.50. The van der Waals surface area contributed by atoms with Crippen molar-refractivity contribution in [2.75, 3.05) is 32.8 Å². The molecule has 0 spiro atoms. The van der Waals surface area contributed by atoms with Gasteiger partial charge in [-0.05, 0) is 42.3 Å². The number of benzene rings is 1. The third-order valence-electron chi connectivity index (χ3n) is 4.31. The summed E-state index contributed by atoms with van der Waals surface area (Å²) in [6.07, 6.45) is -0.340. The summed E-state index contributed by atoms with van der Waals surface area (Å²) in [4.78, 5) is 27.9. The van der Waals surface area contributed by atoms with Gasteiger partial charge in [0.15, 0.2) is 5.76 Å². The molecule has 1 aromatic heterocycles. The number of hydrogen-bond donors (Lipinski definition) is 0. The minimum atomic E-state index is -0.340. The smallest absolute Gasteiger partial charge is 0.409 e. The molecular formula is C20H23FN2O4. The number of carbonyl (C=O) groups is 2. The van der Waals surface area contributed by atoms with Crippen molar-refractivity contribution < 1.29 is 23.1 Å². The highest BCUT2D eigenvalue weighted by Crippen LogP contribution is 2.23. The van der Waals surface area contributed by atoms with Gasteiger partial charge in [-0.1, -0.05) is 13.8 Å². The lowest BCUT2D eigenvalue weighted by molar-refractivity contribution is 0.0515. The van der Waals surface area contributed by atoms with E-state index in [4.69, 9.17) is 9.15 Å². The van der Waals surface area contributed by atoms with Crippen molar-refractivity contribution in [3.8, 4) is 11.3 Å². The Bertz CT molecular complexity index is 793. The van der Waals surface area contributed by atoms with E-state index in [1.165, 1.54) is 12.1 Å². The van der Waals surface area contributed by atoms with Crippen LogP contribution in [0.15, 0.2) is 40.8 Å². The molecule has 0 bridgehead atoms. The molecule has 0 unspecified atom stereocenters. The Hall–Kier alpha value is -2.83. The van der Waals surface area contributed by atoms with E-state index in [-0.39, 0.29) is 29.5 Å². The second kappa shape index (κ2) is 8.24. The zero-order chi connectivity index (χ0) is 19.4. The maximum absolute atomic E-state index is 13.0. The molecule has 2 heterocycles. The first-order valence-electron chi connectivity index (χ1n) is 9.01. The Kier molecular flexibility index (Phi) is 5.78. The highest BCUT2D eigenvalue weighted by molar-refractivity contribution is 5.92. The van der Waals surface area contributed by atoms with Gasteiger partial charge in [-0.2, -0.15) is 0 Å². The monoisotopic (exact) mass is 374 g/mol. The van der Waals surface area contributed by atoms with Gasteiger partial charge in [-0.25, -0.2) is 9.18 Å². The second-order valence-corrected chi connectivity index (χ2v) is 6.92. The molecule has 7 heteroatoms. The molecule has 0 saturated carbocycles. The van der Waals surface area contributed by atoms with E-state index >= 15 is 0 Å². The number of nitrogens with zero attached hydrogens (tertiary/aromatic N) is 2. The molecule has 0 aliphatic carbocycles. The molecular weight excluding hydrogens is 351 g/mol. The molecule has 1 fully saturated rings. The van der Waals surface area contributed by atoms with E-state index < -0.39 is 0 Å². The molecule has 3 rings (SSSR count). The third kappa shape index (κ3) is 4.67. The van der Waals surface area contributed by atoms with Gasteiger partial charge in [0.05, 0.1) is 6.61 Å². The third-order valence-corrected chi connectivity index (χ3v) is 4.31. The fourth-order valence-corrected chi connectivity index (χ4v) is 2.80. The molecule has 2 amide bonds. The van der Waals surface area contributed by atoms with Crippen LogP contribution in [0.25, 0.3) is 11.3 Å². The molecule has 1 aromatic carbocycles. The zero-order valence-electron chi connectivity index (χ0n) is 15.5. The first-order valence-corrected chi connectivity index (χ1v) is 9.01. The van der Waals surface area contributed by atoms with Crippen LogP contribution in [0.1, 0.15) is 24.4 Å². The number of hydrogen-bond acceptors (Lipinski definition) is 4. The first kappa shape index (κ1) is 18.9. The predicted octanol–water partition coefficient (Wildman–Crippen LogP) is 3.64. The average Bonchev–Trinajstić information content (AvgIpc) is 3.16. The second-order valence-electron chi connectivity index (χ2n) is 6.92. The van der Waals surface area contributed by atoms with E-state index in [1.807, 2.05) is 13.8 Å². The van der Waals surface area contributed by atoms with Crippen molar-refractivity contribution in [3.63, 3.8) is 0 Å². The van der Waals surface area contributed by atoms with Crippen LogP contribution < -0.4 is 0 Å². The largest absolute Gasteiger partial charge is 0.451 e. The predicted molar refractivity (Wildman–Crippen MR) is 97.8 cm³/mol. The zero-order valence-corrected chi connectivity index (χ0v) is 15.5. The summed E-state index contributed by atoms with van der Waals surface area (Å²) in [7, 11) is 0. The Morgan fingerprint density at radius 3 is 2.30 bits per heavy atom. The number of rotatable bonds is 4. The van der Waals surface area contributed by atoms with E-state index in [9.17, 15) is 14.0 Å². The normalized spacial score (nSPS) is 14.5. The van der Waals surface area contributed by atoms with Gasteiger partial charge in [-0.15, -0.1) is 0 Å². The quantitative estimate of drug-likeness (QED) is 0.820. The molecule has 1 aliphatic rings. The summed E-state index contributed by atoms with van der Waals surface area (Å²) in [6, 6.07) is 9.20. The molecule has 0 atom stereocenters. The molecule has 2 aromatic rings. The highest BCUT2D eigenvalue weighted by Gasteiger charge is 2.27. The number of piperazine rings is 1. The number of ether oxygens (including phenoxy) is 1. The molecule has 6 nitrogen and oxygen atoms in total. The maximum Gasteiger partial charge on any atom is 0.409 e. The molecule has 144 valence electrons. The Morgan fingerprint density at radius 1 is 1.04 bits per heavy atom. The number of halogens is 1. The van der Waals surface area contributed by atoms with Crippen LogP contribution >= 0.6 is 0 Å². The fourth-order valence-electron chi connectivity index (χ4n) is 2.80. The minimum absolute atomic E-state index is 0.224. The number of amides is 2. The van der Waals surface area contributed by atoms with Crippen molar-refractivity contribution in [2.45, 2.75) is 13.8 Å². The summed E-state index contributed by atoms with van der Waals surface area (Å²) in [5.74, 6) is 0.468. The summed E-state index contributed by atoms with van der Waals surface area (Å²) in [6.45, 7) is 6.03. The summed E-state index contributed by atoms with van der Waals surface area (Å²) in [5.41, 5.74) is 0.702. The van der Waals surface area contributed by atoms with Crippen LogP contribution in [0.3, 0.4) is 0 Å². The summed E-state index contributed by atoms with van der Waals surface area (Å²) in [5, 5.41) is 0. The van der Waals surface area contributed by atoms with Crippen LogP contribution in [0.2, 0.25) is 0 Å². The molecule has 1 saturated heterocycles. The van der Waals surface area contributed by atoms with E-state index in [0.717, 1.165) is 0 Å².